The van der Waals surface area contributed by atoms with Crippen molar-refractivity contribution in [2.45, 2.75) is 46.5 Å². The van der Waals surface area contributed by atoms with Gasteiger partial charge in [0.2, 0.25) is 0 Å². The largest absolute Gasteiger partial charge is 0.317 e. The van der Waals surface area contributed by atoms with E-state index in [1.807, 2.05) is 0 Å². The highest BCUT2D eigenvalue weighted by Crippen LogP contribution is 2.21. The number of rotatable bonds is 7. The highest BCUT2D eigenvalue weighted by atomic mass is 35.5. The van der Waals surface area contributed by atoms with E-state index in [2.05, 4.69) is 38.2 Å². The van der Waals surface area contributed by atoms with Gasteiger partial charge in [-0.2, -0.15) is 0 Å². The highest BCUT2D eigenvalue weighted by molar-refractivity contribution is 6.31. The Labute approximate surface area is 111 Å². The second kappa shape index (κ2) is 7.73. The summed E-state index contributed by atoms with van der Waals surface area (Å²) in [5.41, 5.74) is 3.97. The fraction of sp³-hybridized carbons (Fsp3) is 0.600. The Balaban J connectivity index is 2.34. The van der Waals surface area contributed by atoms with Gasteiger partial charge in [-0.05, 0) is 69.0 Å². The molecule has 0 heterocycles. The average molecular weight is 254 g/mol. The zero-order valence-corrected chi connectivity index (χ0v) is 12.0. The van der Waals surface area contributed by atoms with E-state index in [0.29, 0.717) is 0 Å². The Hall–Kier alpha value is -0.530. The third kappa shape index (κ3) is 5.10. The van der Waals surface area contributed by atoms with Crippen molar-refractivity contribution in [3.8, 4) is 0 Å². The van der Waals surface area contributed by atoms with Gasteiger partial charge in [-0.3, -0.25) is 0 Å². The van der Waals surface area contributed by atoms with Gasteiger partial charge in [0.25, 0.3) is 0 Å². The van der Waals surface area contributed by atoms with Crippen LogP contribution in [0.25, 0.3) is 0 Å². The summed E-state index contributed by atoms with van der Waals surface area (Å²) in [7, 11) is 0. The van der Waals surface area contributed by atoms with Gasteiger partial charge in [0.1, 0.15) is 0 Å². The van der Waals surface area contributed by atoms with E-state index >= 15 is 0 Å². The van der Waals surface area contributed by atoms with Gasteiger partial charge < -0.3 is 5.32 Å². The maximum atomic E-state index is 6.10. The van der Waals surface area contributed by atoms with E-state index in [9.17, 15) is 0 Å². The van der Waals surface area contributed by atoms with E-state index in [1.165, 1.54) is 42.4 Å². The predicted molar refractivity (Wildman–Crippen MR) is 77.0 cm³/mol. The van der Waals surface area contributed by atoms with E-state index in [4.69, 9.17) is 11.6 Å². The summed E-state index contributed by atoms with van der Waals surface area (Å²) in [4.78, 5) is 0. The molecule has 0 saturated carbocycles. The van der Waals surface area contributed by atoms with Crippen LogP contribution in [0.15, 0.2) is 12.1 Å². The molecule has 0 spiro atoms. The molecule has 0 fully saturated rings. The average Bonchev–Trinajstić information content (AvgIpc) is 2.30. The lowest BCUT2D eigenvalue weighted by molar-refractivity contribution is 0.616. The van der Waals surface area contributed by atoms with Gasteiger partial charge in [-0.15, -0.1) is 0 Å². The molecule has 1 aromatic rings. The van der Waals surface area contributed by atoms with Crippen molar-refractivity contribution >= 4 is 11.6 Å². The first kappa shape index (κ1) is 14.5. The van der Waals surface area contributed by atoms with Gasteiger partial charge in [-0.1, -0.05) is 31.0 Å². The van der Waals surface area contributed by atoms with Gasteiger partial charge in [0.05, 0.1) is 0 Å². The number of halogens is 1. The van der Waals surface area contributed by atoms with Crippen LogP contribution in [0.1, 0.15) is 42.9 Å². The molecule has 0 unspecified atom stereocenters. The molecule has 0 amide bonds. The molecule has 1 nitrogen and oxygen atoms in total. The molecule has 1 rings (SSSR count). The first-order chi connectivity index (χ1) is 8.15. The molecule has 1 N–H and O–H groups in total. The number of hydrogen-bond donors (Lipinski definition) is 1. The third-order valence-electron chi connectivity index (χ3n) is 3.17. The van der Waals surface area contributed by atoms with Crippen molar-refractivity contribution in [2.75, 3.05) is 13.1 Å². The second-order valence-electron chi connectivity index (χ2n) is 4.69. The van der Waals surface area contributed by atoms with Crippen molar-refractivity contribution in [3.63, 3.8) is 0 Å². The summed E-state index contributed by atoms with van der Waals surface area (Å²) in [5.74, 6) is 0. The zero-order chi connectivity index (χ0) is 12.7. The Morgan fingerprint density at radius 1 is 1.06 bits per heavy atom. The van der Waals surface area contributed by atoms with Crippen molar-refractivity contribution in [3.05, 3.63) is 33.8 Å². The minimum Gasteiger partial charge on any atom is -0.317 e. The lowest BCUT2D eigenvalue weighted by Gasteiger charge is -2.09. The molecule has 0 atom stereocenters. The molecule has 0 saturated heterocycles. The zero-order valence-electron chi connectivity index (χ0n) is 11.3. The maximum absolute atomic E-state index is 6.10. The molecule has 0 aliphatic heterocycles. The smallest absolute Gasteiger partial charge is 0.0438 e. The molecular formula is C15H24ClN. The van der Waals surface area contributed by atoms with E-state index in [-0.39, 0.29) is 0 Å². The molecule has 0 radical (unpaired) electrons. The van der Waals surface area contributed by atoms with Gasteiger partial charge in [0, 0.05) is 5.02 Å². The number of benzene rings is 1. The summed E-state index contributed by atoms with van der Waals surface area (Å²) in [6, 6.07) is 4.33. The fourth-order valence-corrected chi connectivity index (χ4v) is 2.25. The third-order valence-corrected chi connectivity index (χ3v) is 3.57. The molecular weight excluding hydrogens is 230 g/mol. The summed E-state index contributed by atoms with van der Waals surface area (Å²) >= 11 is 6.10. The van der Waals surface area contributed by atoms with E-state index < -0.39 is 0 Å². The summed E-state index contributed by atoms with van der Waals surface area (Å²) in [6.45, 7) is 8.61. The van der Waals surface area contributed by atoms with Gasteiger partial charge in [-0.25, -0.2) is 0 Å². The molecule has 0 aliphatic rings. The fourth-order valence-electron chi connectivity index (χ4n) is 2.03. The van der Waals surface area contributed by atoms with Crippen LogP contribution >= 0.6 is 11.6 Å². The molecule has 0 aromatic heterocycles. The normalized spacial score (nSPS) is 10.8. The van der Waals surface area contributed by atoms with Crippen molar-refractivity contribution < 1.29 is 0 Å². The number of hydrogen-bond acceptors (Lipinski definition) is 1. The van der Waals surface area contributed by atoms with Crippen LogP contribution in [0.4, 0.5) is 0 Å². The van der Waals surface area contributed by atoms with Crippen LogP contribution in [0.2, 0.25) is 5.02 Å². The van der Waals surface area contributed by atoms with Crippen molar-refractivity contribution in [2.24, 2.45) is 0 Å². The van der Waals surface area contributed by atoms with Crippen molar-refractivity contribution in [1.82, 2.24) is 5.32 Å². The molecule has 17 heavy (non-hydrogen) atoms. The first-order valence-corrected chi connectivity index (χ1v) is 6.99. The van der Waals surface area contributed by atoms with Crippen LogP contribution in [0.5, 0.6) is 0 Å². The Morgan fingerprint density at radius 3 is 2.53 bits per heavy atom. The maximum Gasteiger partial charge on any atom is 0.0438 e. The summed E-state index contributed by atoms with van der Waals surface area (Å²) in [6.07, 6.45) is 5.02. The SMILES string of the molecule is CCNCCCCCc1cc(C)c(Cl)cc1C. The van der Waals surface area contributed by atoms with Crippen LogP contribution in [0, 0.1) is 13.8 Å². The van der Waals surface area contributed by atoms with Crippen LogP contribution < -0.4 is 5.32 Å². The van der Waals surface area contributed by atoms with E-state index in [1.54, 1.807) is 0 Å². The topological polar surface area (TPSA) is 12.0 Å². The van der Waals surface area contributed by atoms with Gasteiger partial charge >= 0.3 is 0 Å². The lowest BCUT2D eigenvalue weighted by atomic mass is 10.00. The number of aryl methyl sites for hydroxylation is 3. The summed E-state index contributed by atoms with van der Waals surface area (Å²) in [5, 5.41) is 4.24. The molecule has 2 heteroatoms. The van der Waals surface area contributed by atoms with Crippen molar-refractivity contribution in [1.29, 1.82) is 0 Å². The Bertz CT molecular complexity index is 347. The number of nitrogens with one attached hydrogen (secondary N) is 1. The van der Waals surface area contributed by atoms with Crippen LogP contribution in [-0.4, -0.2) is 13.1 Å². The minimum atomic E-state index is 0.887. The molecule has 0 aliphatic carbocycles. The predicted octanol–water partition coefficient (Wildman–Crippen LogP) is 4.28. The minimum absolute atomic E-state index is 0.887. The Morgan fingerprint density at radius 2 is 1.82 bits per heavy atom. The molecule has 0 bridgehead atoms. The van der Waals surface area contributed by atoms with E-state index in [0.717, 1.165) is 18.1 Å². The molecule has 96 valence electrons. The second-order valence-corrected chi connectivity index (χ2v) is 5.10. The quantitative estimate of drug-likeness (QED) is 0.716. The summed E-state index contributed by atoms with van der Waals surface area (Å²) < 4.78 is 0. The lowest BCUT2D eigenvalue weighted by Crippen LogP contribution is -2.13. The monoisotopic (exact) mass is 253 g/mol. The first-order valence-electron chi connectivity index (χ1n) is 6.61. The number of unbranched alkanes of at least 4 members (excludes halogenated alkanes) is 2. The highest BCUT2D eigenvalue weighted by Gasteiger charge is 2.02. The molecule has 1 aromatic carbocycles. The van der Waals surface area contributed by atoms with Gasteiger partial charge in [0.15, 0.2) is 0 Å². The Kier molecular flexibility index (Phi) is 6.61. The standard InChI is InChI=1S/C15H24ClN/c1-4-17-9-7-5-6-8-14-10-13(3)15(16)11-12(14)2/h10-11,17H,4-9H2,1-3H3. The van der Waals surface area contributed by atoms with Crippen LogP contribution in [-0.2, 0) is 6.42 Å². The van der Waals surface area contributed by atoms with Crippen LogP contribution in [0.3, 0.4) is 0 Å².